The van der Waals surface area contributed by atoms with Gasteiger partial charge in [-0.15, -0.1) is 0 Å². The topological polar surface area (TPSA) is 116 Å². The largest absolute Gasteiger partial charge is 0.443 e. The molecule has 200 valence electrons. The van der Waals surface area contributed by atoms with Crippen LogP contribution in [0.25, 0.3) is 0 Å². The Kier molecular flexibility index (Phi) is 9.71. The van der Waals surface area contributed by atoms with Gasteiger partial charge in [-0.05, 0) is 63.3 Å². The highest BCUT2D eigenvalue weighted by Gasteiger charge is 2.19. The Bertz CT molecular complexity index is 1040. The number of anilines is 1. The highest BCUT2D eigenvalue weighted by Crippen LogP contribution is 2.17. The molecule has 3 rings (SSSR count). The van der Waals surface area contributed by atoms with Crippen molar-refractivity contribution in [2.24, 2.45) is 0 Å². The summed E-state index contributed by atoms with van der Waals surface area (Å²) >= 11 is 0. The third kappa shape index (κ3) is 9.63. The van der Waals surface area contributed by atoms with Crippen LogP contribution in [0.4, 0.5) is 15.3 Å². The maximum absolute atomic E-state index is 11.8. The summed E-state index contributed by atoms with van der Waals surface area (Å²) in [5.74, 6) is 0.134. The fourth-order valence-electron chi connectivity index (χ4n) is 3.95. The first kappa shape index (κ1) is 27.8. The lowest BCUT2D eigenvalue weighted by Crippen LogP contribution is -2.48. The van der Waals surface area contributed by atoms with E-state index in [1.54, 1.807) is 27.7 Å². The maximum atomic E-state index is 11.8. The Morgan fingerprint density at radius 1 is 0.892 bits per heavy atom. The number of piperazine rings is 1. The number of aryl methyl sites for hydroxylation is 2. The van der Waals surface area contributed by atoms with Crippen molar-refractivity contribution in [2.75, 3.05) is 37.6 Å². The van der Waals surface area contributed by atoms with Gasteiger partial charge in [0, 0.05) is 45.3 Å². The number of aromatic nitrogens is 1. The van der Waals surface area contributed by atoms with Crippen LogP contribution < -0.4 is 21.1 Å². The molecule has 0 spiro atoms. The van der Waals surface area contributed by atoms with Crippen LogP contribution in [0.1, 0.15) is 44.5 Å². The molecule has 1 aromatic carbocycles. The van der Waals surface area contributed by atoms with E-state index in [1.165, 1.54) is 5.56 Å². The molecular formula is C27H38N6O4. The fraction of sp³-hybridized carbons (Fsp3) is 0.481. The van der Waals surface area contributed by atoms with Gasteiger partial charge in [0.15, 0.2) is 0 Å². The van der Waals surface area contributed by atoms with Gasteiger partial charge in [-0.25, -0.2) is 20.4 Å². The zero-order valence-corrected chi connectivity index (χ0v) is 22.2. The van der Waals surface area contributed by atoms with Gasteiger partial charge in [0.1, 0.15) is 5.60 Å². The minimum Gasteiger partial charge on any atom is -0.443 e. The van der Waals surface area contributed by atoms with Gasteiger partial charge in [-0.2, -0.15) is 0 Å². The van der Waals surface area contributed by atoms with Crippen LogP contribution in [0.3, 0.4) is 0 Å². The van der Waals surface area contributed by atoms with E-state index < -0.39 is 17.7 Å². The van der Waals surface area contributed by atoms with Crippen molar-refractivity contribution >= 4 is 23.7 Å². The predicted octanol–water partition coefficient (Wildman–Crippen LogP) is 2.82. The Hall–Kier alpha value is -3.82. The Labute approximate surface area is 218 Å². The van der Waals surface area contributed by atoms with Crippen LogP contribution in [0.5, 0.6) is 0 Å². The Morgan fingerprint density at radius 2 is 1.54 bits per heavy atom. The molecule has 0 atom stereocenters. The molecule has 3 N–H and O–H groups in total. The SMILES string of the molecule is CC(=O)N1CCN(c2ccc(CCc3ccc(CCNC(=O)NNC(=O)OC(C)(C)C)cc3)nc2)CC1. The number of hydrogen-bond donors (Lipinski definition) is 3. The fourth-order valence-corrected chi connectivity index (χ4v) is 3.95. The first-order valence-electron chi connectivity index (χ1n) is 12.6. The molecule has 1 aliphatic rings. The maximum Gasteiger partial charge on any atom is 0.426 e. The zero-order valence-electron chi connectivity index (χ0n) is 22.2. The summed E-state index contributed by atoms with van der Waals surface area (Å²) < 4.78 is 5.05. The van der Waals surface area contributed by atoms with Crippen LogP contribution in [0, 0.1) is 0 Å². The highest BCUT2D eigenvalue weighted by atomic mass is 16.6. The molecule has 1 aliphatic heterocycles. The number of carbonyl (C=O) groups excluding carboxylic acids is 3. The van der Waals surface area contributed by atoms with Gasteiger partial charge < -0.3 is 19.9 Å². The predicted molar refractivity (Wildman–Crippen MR) is 142 cm³/mol. The normalized spacial score (nSPS) is 13.6. The first-order chi connectivity index (χ1) is 17.6. The number of carbonyl (C=O) groups is 3. The summed E-state index contributed by atoms with van der Waals surface area (Å²) in [4.78, 5) is 43.6. The molecule has 10 heteroatoms. The van der Waals surface area contributed by atoms with E-state index in [-0.39, 0.29) is 5.91 Å². The molecular weight excluding hydrogens is 472 g/mol. The second kappa shape index (κ2) is 12.9. The number of hydrazine groups is 1. The number of pyridine rings is 1. The minimum atomic E-state index is -0.714. The van der Waals surface area contributed by atoms with Crippen molar-refractivity contribution in [1.82, 2.24) is 26.1 Å². The summed E-state index contributed by atoms with van der Waals surface area (Å²) in [7, 11) is 0. The lowest BCUT2D eigenvalue weighted by atomic mass is 10.0. The van der Waals surface area contributed by atoms with E-state index in [1.807, 2.05) is 11.1 Å². The van der Waals surface area contributed by atoms with Crippen molar-refractivity contribution in [3.05, 3.63) is 59.4 Å². The Morgan fingerprint density at radius 3 is 2.11 bits per heavy atom. The van der Waals surface area contributed by atoms with E-state index in [9.17, 15) is 14.4 Å². The molecule has 2 heterocycles. The molecule has 1 aromatic heterocycles. The molecule has 0 saturated carbocycles. The highest BCUT2D eigenvalue weighted by molar-refractivity contribution is 5.77. The molecule has 4 amide bonds. The molecule has 1 fully saturated rings. The quantitative estimate of drug-likeness (QED) is 0.494. The third-order valence-corrected chi connectivity index (χ3v) is 5.97. The zero-order chi connectivity index (χ0) is 26.8. The van der Waals surface area contributed by atoms with Gasteiger partial charge in [-0.3, -0.25) is 9.78 Å². The van der Waals surface area contributed by atoms with Crippen molar-refractivity contribution < 1.29 is 19.1 Å². The number of urea groups is 1. The monoisotopic (exact) mass is 510 g/mol. The van der Waals surface area contributed by atoms with Gasteiger partial charge >= 0.3 is 12.1 Å². The smallest absolute Gasteiger partial charge is 0.426 e. The summed E-state index contributed by atoms with van der Waals surface area (Å²) in [5, 5.41) is 2.70. The second-order valence-electron chi connectivity index (χ2n) is 10.1. The third-order valence-electron chi connectivity index (χ3n) is 5.97. The first-order valence-corrected chi connectivity index (χ1v) is 12.6. The van der Waals surface area contributed by atoms with Crippen molar-refractivity contribution in [1.29, 1.82) is 0 Å². The average Bonchev–Trinajstić information content (AvgIpc) is 2.86. The summed E-state index contributed by atoms with van der Waals surface area (Å²) in [6.07, 6.45) is 3.62. The van der Waals surface area contributed by atoms with E-state index in [0.29, 0.717) is 13.0 Å². The van der Waals surface area contributed by atoms with Crippen LogP contribution in [-0.2, 0) is 28.8 Å². The van der Waals surface area contributed by atoms with Gasteiger partial charge in [0.05, 0.1) is 11.9 Å². The van der Waals surface area contributed by atoms with Crippen molar-refractivity contribution in [2.45, 2.75) is 52.6 Å². The molecule has 0 unspecified atom stereocenters. The van der Waals surface area contributed by atoms with E-state index in [2.05, 4.69) is 62.5 Å². The summed E-state index contributed by atoms with van der Waals surface area (Å²) in [5.41, 5.74) is 8.31. The van der Waals surface area contributed by atoms with Crippen LogP contribution in [0.2, 0.25) is 0 Å². The molecule has 0 radical (unpaired) electrons. The molecule has 37 heavy (non-hydrogen) atoms. The van der Waals surface area contributed by atoms with Gasteiger partial charge in [-0.1, -0.05) is 24.3 Å². The molecule has 10 nitrogen and oxygen atoms in total. The lowest BCUT2D eigenvalue weighted by molar-refractivity contribution is -0.129. The van der Waals surface area contributed by atoms with Gasteiger partial charge in [0.25, 0.3) is 0 Å². The van der Waals surface area contributed by atoms with Crippen molar-refractivity contribution in [3.63, 3.8) is 0 Å². The van der Waals surface area contributed by atoms with E-state index in [4.69, 9.17) is 4.74 Å². The van der Waals surface area contributed by atoms with Crippen molar-refractivity contribution in [3.8, 4) is 0 Å². The average molecular weight is 511 g/mol. The number of hydrogen-bond acceptors (Lipinski definition) is 6. The summed E-state index contributed by atoms with van der Waals surface area (Å²) in [6, 6.07) is 12.0. The summed E-state index contributed by atoms with van der Waals surface area (Å²) in [6.45, 7) is 10.4. The molecule has 1 saturated heterocycles. The van der Waals surface area contributed by atoms with Crippen LogP contribution in [-0.4, -0.2) is 66.2 Å². The van der Waals surface area contributed by atoms with Crippen LogP contribution in [0.15, 0.2) is 42.6 Å². The Balaban J connectivity index is 1.34. The van der Waals surface area contributed by atoms with E-state index in [0.717, 1.165) is 56.0 Å². The minimum absolute atomic E-state index is 0.134. The van der Waals surface area contributed by atoms with Gasteiger partial charge in [0.2, 0.25) is 5.91 Å². The lowest BCUT2D eigenvalue weighted by Gasteiger charge is -2.35. The standard InChI is InChI=1S/C27H38N6O4/c1-20(34)32-15-17-33(18-16-32)24-12-11-23(29-19-24)10-9-21-5-7-22(8-6-21)13-14-28-25(35)30-31-26(36)37-27(2,3)4/h5-8,11-12,19H,9-10,13-18H2,1-4H3,(H,31,36)(H2,28,30,35). The number of nitrogens with zero attached hydrogens (tertiary/aromatic N) is 3. The molecule has 2 aromatic rings. The molecule has 0 bridgehead atoms. The molecule has 0 aliphatic carbocycles. The number of ether oxygens (including phenoxy) is 1. The number of nitrogens with one attached hydrogen (secondary N) is 3. The number of rotatable bonds is 7. The number of benzene rings is 1. The van der Waals surface area contributed by atoms with E-state index >= 15 is 0 Å². The van der Waals surface area contributed by atoms with Crippen LogP contribution >= 0.6 is 0 Å². The number of amides is 4. The second-order valence-corrected chi connectivity index (χ2v) is 10.1.